The molecule has 0 amide bonds. The van der Waals surface area contributed by atoms with Gasteiger partial charge in [-0.05, 0) is 67.9 Å². The highest BCUT2D eigenvalue weighted by Crippen LogP contribution is 2.42. The molecule has 0 radical (unpaired) electrons. The van der Waals surface area contributed by atoms with Gasteiger partial charge in [0.1, 0.15) is 5.75 Å². The zero-order valence-corrected chi connectivity index (χ0v) is 18.6. The Hall–Kier alpha value is -2.86. The van der Waals surface area contributed by atoms with Gasteiger partial charge in [-0.1, -0.05) is 32.0 Å². The lowest BCUT2D eigenvalue weighted by Crippen LogP contribution is -2.33. The number of nitrogens with zero attached hydrogens (tertiary/aromatic N) is 3. The Morgan fingerprint density at radius 2 is 1.87 bits per heavy atom. The molecule has 6 heteroatoms. The van der Waals surface area contributed by atoms with Gasteiger partial charge in [-0.3, -0.25) is 4.98 Å². The molecule has 1 fully saturated rings. The maximum atomic E-state index is 10.5. The number of thiocarbonyl (C=S) groups is 1. The summed E-state index contributed by atoms with van der Waals surface area (Å²) in [4.78, 5) is 6.91. The Balaban J connectivity index is 1.85. The maximum absolute atomic E-state index is 10.5. The summed E-state index contributed by atoms with van der Waals surface area (Å²) in [6.45, 7) is 9.46. The number of phenolic OH excluding ortho intramolecular Hbond substituents is 1. The third-order valence-electron chi connectivity index (χ3n) is 5.67. The van der Waals surface area contributed by atoms with Gasteiger partial charge in [0.25, 0.3) is 0 Å². The van der Waals surface area contributed by atoms with E-state index in [9.17, 15) is 5.11 Å². The van der Waals surface area contributed by atoms with Crippen LogP contribution in [0.3, 0.4) is 0 Å². The molecule has 2 N–H and O–H groups in total. The minimum atomic E-state index is -0.0317. The highest BCUT2D eigenvalue weighted by atomic mass is 32.1. The van der Waals surface area contributed by atoms with Crippen molar-refractivity contribution in [3.8, 4) is 11.4 Å². The number of phenols is 1. The summed E-state index contributed by atoms with van der Waals surface area (Å²) in [6.07, 6.45) is 1.83. The number of pyridine rings is 1. The lowest BCUT2D eigenvalue weighted by atomic mass is 9.96. The fraction of sp³-hybridized carbons (Fsp3) is 0.333. The summed E-state index contributed by atoms with van der Waals surface area (Å²) in [5.41, 5.74) is 5.13. The van der Waals surface area contributed by atoms with E-state index in [0.717, 1.165) is 34.4 Å². The number of hydrogen-bond acceptors (Lipinski definition) is 3. The highest BCUT2D eigenvalue weighted by molar-refractivity contribution is 7.80. The lowest BCUT2D eigenvalue weighted by molar-refractivity contribution is 0.287. The van der Waals surface area contributed by atoms with E-state index in [1.54, 1.807) is 6.07 Å². The molecule has 30 heavy (non-hydrogen) atoms. The molecule has 1 aliphatic rings. The van der Waals surface area contributed by atoms with Gasteiger partial charge in [0.15, 0.2) is 5.11 Å². The van der Waals surface area contributed by atoms with Crippen molar-refractivity contribution in [2.24, 2.45) is 5.92 Å². The van der Waals surface area contributed by atoms with E-state index < -0.39 is 0 Å². The Morgan fingerprint density at radius 3 is 2.53 bits per heavy atom. The molecule has 1 aromatic carbocycles. The van der Waals surface area contributed by atoms with Crippen LogP contribution in [0.4, 0.5) is 0 Å². The Bertz CT molecular complexity index is 1060. The van der Waals surface area contributed by atoms with E-state index in [2.05, 4.69) is 53.5 Å². The molecule has 0 aliphatic carbocycles. The van der Waals surface area contributed by atoms with Crippen LogP contribution in [0, 0.1) is 19.8 Å². The molecule has 1 saturated heterocycles. The van der Waals surface area contributed by atoms with Crippen molar-refractivity contribution >= 4 is 17.3 Å². The molecule has 3 heterocycles. The molecule has 5 nitrogen and oxygen atoms in total. The predicted octanol–water partition coefficient (Wildman–Crippen LogP) is 4.82. The van der Waals surface area contributed by atoms with Crippen LogP contribution in [0.15, 0.2) is 54.7 Å². The van der Waals surface area contributed by atoms with Crippen LogP contribution >= 0.6 is 12.2 Å². The predicted molar refractivity (Wildman–Crippen MR) is 124 cm³/mol. The summed E-state index contributed by atoms with van der Waals surface area (Å²) in [6, 6.07) is 15.7. The van der Waals surface area contributed by atoms with Crippen molar-refractivity contribution in [2.45, 2.75) is 39.8 Å². The average Bonchev–Trinajstić information content (AvgIpc) is 3.18. The molecule has 0 spiro atoms. The highest BCUT2D eigenvalue weighted by Gasteiger charge is 2.41. The van der Waals surface area contributed by atoms with Gasteiger partial charge >= 0.3 is 0 Å². The number of para-hydroxylation sites is 2. The van der Waals surface area contributed by atoms with Crippen LogP contribution in [0.25, 0.3) is 5.69 Å². The number of aromatic hydroxyl groups is 1. The second-order valence-electron chi connectivity index (χ2n) is 8.32. The van der Waals surface area contributed by atoms with E-state index in [1.807, 2.05) is 42.6 Å². The van der Waals surface area contributed by atoms with Crippen molar-refractivity contribution in [3.05, 3.63) is 77.4 Å². The van der Waals surface area contributed by atoms with Crippen molar-refractivity contribution in [1.82, 2.24) is 19.8 Å². The number of nitrogens with one attached hydrogen (secondary N) is 1. The van der Waals surface area contributed by atoms with Crippen molar-refractivity contribution < 1.29 is 5.11 Å². The van der Waals surface area contributed by atoms with Gasteiger partial charge in [-0.15, -0.1) is 0 Å². The van der Waals surface area contributed by atoms with Crippen LogP contribution in [-0.2, 0) is 0 Å². The zero-order chi connectivity index (χ0) is 21.4. The van der Waals surface area contributed by atoms with Gasteiger partial charge in [-0.2, -0.15) is 0 Å². The molecule has 0 saturated carbocycles. The second-order valence-corrected chi connectivity index (χ2v) is 8.71. The summed E-state index contributed by atoms with van der Waals surface area (Å²) in [5.74, 6) is 0.739. The summed E-state index contributed by atoms with van der Waals surface area (Å²) < 4.78 is 2.12. The number of hydrogen-bond donors (Lipinski definition) is 2. The smallest absolute Gasteiger partial charge is 0.170 e. The molecule has 2 atom stereocenters. The van der Waals surface area contributed by atoms with E-state index in [1.165, 1.54) is 5.56 Å². The minimum absolute atomic E-state index is 0.0283. The van der Waals surface area contributed by atoms with Gasteiger partial charge in [0, 0.05) is 24.1 Å². The minimum Gasteiger partial charge on any atom is -0.506 e. The summed E-state index contributed by atoms with van der Waals surface area (Å²) >= 11 is 5.75. The van der Waals surface area contributed by atoms with E-state index >= 15 is 0 Å². The second kappa shape index (κ2) is 8.11. The number of aromatic nitrogens is 2. The maximum Gasteiger partial charge on any atom is 0.170 e. The first-order valence-corrected chi connectivity index (χ1v) is 10.7. The van der Waals surface area contributed by atoms with E-state index in [4.69, 9.17) is 12.2 Å². The van der Waals surface area contributed by atoms with E-state index in [-0.39, 0.29) is 17.8 Å². The third-order valence-corrected chi connectivity index (χ3v) is 6.02. The van der Waals surface area contributed by atoms with Crippen molar-refractivity contribution in [1.29, 1.82) is 0 Å². The number of benzene rings is 1. The standard InChI is InChI=1S/C24H28N4OS/c1-15(2)14-27-23(22(26-24(27)30)19-9-7-8-12-25-19)18-13-16(3)28(17(18)4)20-10-5-6-11-21(20)29/h5-13,15,22-23,29H,14H2,1-4H3,(H,26,30)/t22-,23-/m0/s1. The van der Waals surface area contributed by atoms with Crippen LogP contribution in [-0.4, -0.2) is 31.2 Å². The first-order valence-electron chi connectivity index (χ1n) is 10.3. The molecule has 4 rings (SSSR count). The molecule has 156 valence electrons. The number of rotatable bonds is 5. The Morgan fingerprint density at radius 1 is 1.13 bits per heavy atom. The molecule has 1 aliphatic heterocycles. The molecule has 0 bridgehead atoms. The van der Waals surface area contributed by atoms with Crippen LogP contribution in [0.2, 0.25) is 0 Å². The Kier molecular flexibility index (Phi) is 5.52. The quantitative estimate of drug-likeness (QED) is 0.580. The monoisotopic (exact) mass is 420 g/mol. The van der Waals surface area contributed by atoms with Gasteiger partial charge in [-0.25, -0.2) is 0 Å². The van der Waals surface area contributed by atoms with Crippen LogP contribution < -0.4 is 5.32 Å². The van der Waals surface area contributed by atoms with Crippen LogP contribution in [0.5, 0.6) is 5.75 Å². The molecular formula is C24H28N4OS. The van der Waals surface area contributed by atoms with Gasteiger partial charge < -0.3 is 19.9 Å². The molecule has 3 aromatic rings. The van der Waals surface area contributed by atoms with Crippen molar-refractivity contribution in [2.75, 3.05) is 6.54 Å². The first kappa shape index (κ1) is 20.4. The first-order chi connectivity index (χ1) is 14.4. The normalized spacial score (nSPS) is 18.8. The Labute approximate surface area is 183 Å². The lowest BCUT2D eigenvalue weighted by Gasteiger charge is -2.29. The van der Waals surface area contributed by atoms with Gasteiger partial charge in [0.05, 0.1) is 23.5 Å². The molecular weight excluding hydrogens is 392 g/mol. The molecule has 0 unspecified atom stereocenters. The molecule has 2 aromatic heterocycles. The zero-order valence-electron chi connectivity index (χ0n) is 17.8. The fourth-order valence-electron chi connectivity index (χ4n) is 4.45. The topological polar surface area (TPSA) is 53.3 Å². The van der Waals surface area contributed by atoms with E-state index in [0.29, 0.717) is 5.92 Å². The summed E-state index contributed by atoms with van der Waals surface area (Å²) in [5, 5.41) is 14.7. The average molecular weight is 421 g/mol. The number of aryl methyl sites for hydroxylation is 1. The fourth-order valence-corrected chi connectivity index (χ4v) is 4.76. The van der Waals surface area contributed by atoms with Crippen LogP contribution in [0.1, 0.15) is 48.6 Å². The summed E-state index contributed by atoms with van der Waals surface area (Å²) in [7, 11) is 0. The van der Waals surface area contributed by atoms with Gasteiger partial charge in [0.2, 0.25) is 0 Å². The third kappa shape index (κ3) is 3.56. The largest absolute Gasteiger partial charge is 0.506 e. The SMILES string of the molecule is Cc1cc([C@H]2[C@H](c3ccccn3)NC(=S)N2CC(C)C)c(C)n1-c1ccccc1O. The van der Waals surface area contributed by atoms with Crippen molar-refractivity contribution in [3.63, 3.8) is 0 Å².